The summed E-state index contributed by atoms with van der Waals surface area (Å²) in [5, 5.41) is 6.94. The third kappa shape index (κ3) is 3.59. The van der Waals surface area contributed by atoms with Crippen molar-refractivity contribution in [3.05, 3.63) is 76.7 Å². The van der Waals surface area contributed by atoms with E-state index in [0.717, 1.165) is 11.3 Å². The number of carbonyl (C=O) groups excluding carboxylic acids is 1. The molecule has 0 saturated heterocycles. The molecule has 1 aliphatic heterocycles. The van der Waals surface area contributed by atoms with Gasteiger partial charge in [-0.3, -0.25) is 4.79 Å². The van der Waals surface area contributed by atoms with Crippen molar-refractivity contribution in [1.82, 2.24) is 10.1 Å². The Kier molecular flexibility index (Phi) is 4.90. The van der Waals surface area contributed by atoms with Crippen molar-refractivity contribution in [3.63, 3.8) is 0 Å². The summed E-state index contributed by atoms with van der Waals surface area (Å²) in [6, 6.07) is 13.4. The highest BCUT2D eigenvalue weighted by Crippen LogP contribution is 2.27. The van der Waals surface area contributed by atoms with Crippen LogP contribution in [0.2, 0.25) is 0 Å². The summed E-state index contributed by atoms with van der Waals surface area (Å²) in [7, 11) is -1.97. The molecule has 9 heteroatoms. The van der Waals surface area contributed by atoms with Crippen LogP contribution < -0.4 is 5.32 Å². The lowest BCUT2D eigenvalue weighted by Crippen LogP contribution is -2.26. The molecule has 1 aromatic heterocycles. The van der Waals surface area contributed by atoms with Crippen LogP contribution >= 0.6 is 0 Å². The minimum absolute atomic E-state index is 0.146. The molecular weight excluding hydrogens is 404 g/mol. The molecule has 2 aromatic carbocycles. The second kappa shape index (κ2) is 7.42. The molecule has 0 saturated carbocycles. The van der Waals surface area contributed by atoms with E-state index in [-0.39, 0.29) is 16.6 Å². The van der Waals surface area contributed by atoms with Gasteiger partial charge in [-0.1, -0.05) is 17.3 Å². The summed E-state index contributed by atoms with van der Waals surface area (Å²) in [5.41, 5.74) is 3.32. The van der Waals surface area contributed by atoms with E-state index in [9.17, 15) is 13.2 Å². The molecular formula is C21H20N4O4S. The number of hydrogen-bond donors (Lipinski definition) is 1. The van der Waals surface area contributed by atoms with Crippen LogP contribution in [0.3, 0.4) is 0 Å². The number of aromatic nitrogens is 1. The standard InChI is InChI=1S/C21H20N4O4S/c1-13-18(14(2)29-23-13)12-25(3)21(26)15-8-10-16(11-9-15)22-20-17-6-4-5-7-19(17)30(27,28)24-20/h4-11H,12H2,1-3H3,(H,22,24). The molecule has 30 heavy (non-hydrogen) atoms. The topological polar surface area (TPSA) is 105 Å². The number of carbonyl (C=O) groups is 1. The molecule has 1 amide bonds. The molecule has 8 nitrogen and oxygen atoms in total. The first kappa shape index (κ1) is 19.8. The van der Waals surface area contributed by atoms with E-state index in [1.165, 1.54) is 6.07 Å². The minimum Gasteiger partial charge on any atom is -0.361 e. The zero-order chi connectivity index (χ0) is 21.5. The predicted molar refractivity (Wildman–Crippen MR) is 112 cm³/mol. The molecule has 0 bridgehead atoms. The second-order valence-electron chi connectivity index (χ2n) is 7.08. The number of amides is 1. The van der Waals surface area contributed by atoms with Crippen LogP contribution in [-0.4, -0.2) is 37.3 Å². The van der Waals surface area contributed by atoms with Gasteiger partial charge < -0.3 is 14.7 Å². The van der Waals surface area contributed by atoms with Crippen molar-refractivity contribution >= 4 is 27.5 Å². The summed E-state index contributed by atoms with van der Waals surface area (Å²) < 4.78 is 33.3. The number of benzene rings is 2. The lowest BCUT2D eigenvalue weighted by atomic mass is 10.1. The number of aryl methyl sites for hydroxylation is 2. The van der Waals surface area contributed by atoms with Gasteiger partial charge in [0.05, 0.1) is 12.2 Å². The van der Waals surface area contributed by atoms with Gasteiger partial charge >= 0.3 is 0 Å². The van der Waals surface area contributed by atoms with E-state index < -0.39 is 10.0 Å². The number of rotatable bonds is 4. The molecule has 0 radical (unpaired) electrons. The van der Waals surface area contributed by atoms with Gasteiger partial charge in [-0.25, -0.2) is 0 Å². The maximum atomic E-state index is 12.7. The van der Waals surface area contributed by atoms with Crippen molar-refractivity contribution in [1.29, 1.82) is 0 Å². The van der Waals surface area contributed by atoms with E-state index in [0.29, 0.717) is 29.1 Å². The number of anilines is 1. The molecule has 0 spiro atoms. The Morgan fingerprint density at radius 3 is 2.47 bits per heavy atom. The van der Waals surface area contributed by atoms with Crippen LogP contribution in [0.25, 0.3) is 0 Å². The van der Waals surface area contributed by atoms with Gasteiger partial charge in [-0.2, -0.15) is 8.42 Å². The highest BCUT2D eigenvalue weighted by molar-refractivity contribution is 7.90. The van der Waals surface area contributed by atoms with Gasteiger partial charge in [0.2, 0.25) is 0 Å². The third-order valence-electron chi connectivity index (χ3n) is 4.95. The first-order valence-electron chi connectivity index (χ1n) is 9.25. The largest absolute Gasteiger partial charge is 0.361 e. The number of hydrogen-bond acceptors (Lipinski definition) is 6. The fraction of sp³-hybridized carbons (Fsp3) is 0.190. The maximum absolute atomic E-state index is 12.7. The molecule has 4 rings (SSSR count). The highest BCUT2D eigenvalue weighted by Gasteiger charge is 2.28. The maximum Gasteiger partial charge on any atom is 0.285 e. The van der Waals surface area contributed by atoms with Gasteiger partial charge in [0.25, 0.3) is 15.9 Å². The van der Waals surface area contributed by atoms with Crippen molar-refractivity contribution in [2.45, 2.75) is 25.3 Å². The number of fused-ring (bicyclic) bond motifs is 1. The zero-order valence-electron chi connectivity index (χ0n) is 16.7. The summed E-state index contributed by atoms with van der Waals surface area (Å²) >= 11 is 0. The van der Waals surface area contributed by atoms with E-state index in [1.54, 1.807) is 54.4 Å². The van der Waals surface area contributed by atoms with Gasteiger partial charge in [-0.15, -0.1) is 4.40 Å². The highest BCUT2D eigenvalue weighted by atomic mass is 32.2. The summed E-state index contributed by atoms with van der Waals surface area (Å²) in [4.78, 5) is 14.5. The van der Waals surface area contributed by atoms with E-state index >= 15 is 0 Å². The van der Waals surface area contributed by atoms with Crippen molar-refractivity contribution in [3.8, 4) is 0 Å². The fourth-order valence-electron chi connectivity index (χ4n) is 3.29. The van der Waals surface area contributed by atoms with E-state index in [2.05, 4.69) is 14.9 Å². The average molecular weight is 424 g/mol. The normalized spacial score (nSPS) is 14.2. The van der Waals surface area contributed by atoms with Crippen molar-refractivity contribution < 1.29 is 17.7 Å². The third-order valence-corrected chi connectivity index (χ3v) is 6.28. The molecule has 0 atom stereocenters. The number of sulfonamides is 1. The molecule has 0 fully saturated rings. The molecule has 0 aliphatic carbocycles. The van der Waals surface area contributed by atoms with Gasteiger partial charge in [0.15, 0.2) is 5.84 Å². The predicted octanol–water partition coefficient (Wildman–Crippen LogP) is 3.12. The smallest absolute Gasteiger partial charge is 0.285 e. The molecule has 2 heterocycles. The van der Waals surface area contributed by atoms with Crippen molar-refractivity contribution in [2.24, 2.45) is 4.40 Å². The quantitative estimate of drug-likeness (QED) is 0.690. The fourth-order valence-corrected chi connectivity index (χ4v) is 4.46. The lowest BCUT2D eigenvalue weighted by molar-refractivity contribution is 0.0784. The minimum atomic E-state index is -3.69. The van der Waals surface area contributed by atoms with E-state index in [1.807, 2.05) is 13.8 Å². The Hall–Kier alpha value is -3.46. The Morgan fingerprint density at radius 2 is 1.80 bits per heavy atom. The SMILES string of the molecule is Cc1noc(C)c1CN(C)C(=O)c1ccc(NC2=NS(=O)(=O)c3ccccc32)cc1. The Balaban J connectivity index is 1.49. The van der Waals surface area contributed by atoms with Crippen LogP contribution in [0.4, 0.5) is 5.69 Å². The Morgan fingerprint density at radius 1 is 1.10 bits per heavy atom. The molecule has 1 aliphatic rings. The number of nitrogens with zero attached hydrogens (tertiary/aromatic N) is 3. The summed E-state index contributed by atoms with van der Waals surface area (Å²) in [6.07, 6.45) is 0. The second-order valence-corrected chi connectivity index (χ2v) is 8.65. The summed E-state index contributed by atoms with van der Waals surface area (Å²) in [6.45, 7) is 4.05. The molecule has 1 N–H and O–H groups in total. The van der Waals surface area contributed by atoms with Crippen LogP contribution in [0.5, 0.6) is 0 Å². The monoisotopic (exact) mass is 424 g/mol. The van der Waals surface area contributed by atoms with Crippen molar-refractivity contribution in [2.75, 3.05) is 12.4 Å². The lowest BCUT2D eigenvalue weighted by Gasteiger charge is -2.17. The first-order chi connectivity index (χ1) is 14.3. The first-order valence-corrected chi connectivity index (χ1v) is 10.7. The molecule has 154 valence electrons. The van der Waals surface area contributed by atoms with Gasteiger partial charge in [-0.05, 0) is 50.2 Å². The van der Waals surface area contributed by atoms with Crippen LogP contribution in [-0.2, 0) is 16.6 Å². The number of nitrogens with one attached hydrogen (secondary N) is 1. The average Bonchev–Trinajstić information content (AvgIpc) is 3.18. The van der Waals surface area contributed by atoms with Gasteiger partial charge in [0, 0.05) is 29.4 Å². The van der Waals surface area contributed by atoms with Gasteiger partial charge in [0.1, 0.15) is 10.7 Å². The van der Waals surface area contributed by atoms with Crippen LogP contribution in [0.15, 0.2) is 62.3 Å². The Labute approximate surface area is 174 Å². The molecule has 0 unspecified atom stereocenters. The Bertz CT molecular complexity index is 1240. The number of amidine groups is 1. The summed E-state index contributed by atoms with van der Waals surface area (Å²) in [5.74, 6) is 0.812. The van der Waals surface area contributed by atoms with Crippen LogP contribution in [0.1, 0.15) is 32.9 Å². The zero-order valence-corrected chi connectivity index (χ0v) is 17.5. The molecule has 3 aromatic rings. The van der Waals surface area contributed by atoms with E-state index in [4.69, 9.17) is 4.52 Å². The van der Waals surface area contributed by atoms with Crippen LogP contribution in [0, 0.1) is 13.8 Å².